The molecule has 3 rings (SSSR count). The van der Waals surface area contributed by atoms with Crippen LogP contribution < -0.4 is 10.6 Å². The molecule has 0 atom stereocenters. The third-order valence-corrected chi connectivity index (χ3v) is 3.30. The maximum absolute atomic E-state index is 5.11. The monoisotopic (exact) mass is 255 g/mol. The van der Waals surface area contributed by atoms with Gasteiger partial charge in [0, 0.05) is 34.5 Å². The first-order chi connectivity index (χ1) is 8.78. The second-order valence-corrected chi connectivity index (χ2v) is 4.54. The highest BCUT2D eigenvalue weighted by molar-refractivity contribution is 7.80. The molecule has 0 fully saturated rings. The molecule has 0 radical (unpaired) electrons. The molecule has 0 amide bonds. The summed E-state index contributed by atoms with van der Waals surface area (Å²) in [5.74, 6) is 0. The molecular weight excluding hydrogens is 242 g/mol. The number of nitrogens with one attached hydrogen (secondary N) is 3. The van der Waals surface area contributed by atoms with E-state index in [4.69, 9.17) is 12.2 Å². The summed E-state index contributed by atoms with van der Waals surface area (Å²) in [4.78, 5) is 3.40. The molecule has 0 aliphatic rings. The molecule has 2 aromatic carbocycles. The fraction of sp³-hybridized carbons (Fsp3) is 0.0714. The van der Waals surface area contributed by atoms with Crippen molar-refractivity contribution < 1.29 is 0 Å². The molecule has 3 aromatic rings. The van der Waals surface area contributed by atoms with Gasteiger partial charge in [-0.3, -0.25) is 0 Å². The molecule has 1 aromatic heterocycles. The number of para-hydroxylation sites is 1. The van der Waals surface area contributed by atoms with Gasteiger partial charge in [-0.05, 0) is 36.5 Å². The SMILES string of the molecule is CNC(=S)Nc1ccc2[nH]c3ccccc3c2c1. The van der Waals surface area contributed by atoms with Crippen molar-refractivity contribution in [1.82, 2.24) is 10.3 Å². The predicted molar refractivity (Wildman–Crippen MR) is 81.1 cm³/mol. The Hall–Kier alpha value is -2.07. The summed E-state index contributed by atoms with van der Waals surface area (Å²) >= 11 is 5.11. The van der Waals surface area contributed by atoms with Crippen LogP contribution in [0.5, 0.6) is 0 Å². The number of hydrogen-bond donors (Lipinski definition) is 3. The van der Waals surface area contributed by atoms with Crippen LogP contribution in [0.25, 0.3) is 21.8 Å². The highest BCUT2D eigenvalue weighted by Gasteiger charge is 2.04. The third-order valence-electron chi connectivity index (χ3n) is 2.99. The van der Waals surface area contributed by atoms with Crippen molar-refractivity contribution in [3.8, 4) is 0 Å². The smallest absolute Gasteiger partial charge is 0.170 e. The Morgan fingerprint density at radius 3 is 2.67 bits per heavy atom. The molecule has 90 valence electrons. The van der Waals surface area contributed by atoms with Crippen molar-refractivity contribution in [3.63, 3.8) is 0 Å². The minimum atomic E-state index is 0.620. The molecule has 0 spiro atoms. The average molecular weight is 255 g/mol. The molecule has 3 N–H and O–H groups in total. The van der Waals surface area contributed by atoms with Gasteiger partial charge < -0.3 is 15.6 Å². The summed E-state index contributed by atoms with van der Waals surface area (Å²) in [5, 5.41) is 9.10. The van der Waals surface area contributed by atoms with E-state index in [0.717, 1.165) is 16.7 Å². The van der Waals surface area contributed by atoms with E-state index < -0.39 is 0 Å². The minimum absolute atomic E-state index is 0.620. The zero-order valence-corrected chi connectivity index (χ0v) is 10.8. The van der Waals surface area contributed by atoms with Crippen molar-refractivity contribution in [2.45, 2.75) is 0 Å². The van der Waals surface area contributed by atoms with E-state index in [9.17, 15) is 0 Å². The number of rotatable bonds is 1. The standard InChI is InChI=1S/C14H13N3S/c1-15-14(18)16-9-6-7-13-11(8-9)10-4-2-3-5-12(10)17-13/h2-8,17H,1H3,(H2,15,16,18). The van der Waals surface area contributed by atoms with E-state index in [2.05, 4.69) is 39.9 Å². The van der Waals surface area contributed by atoms with Gasteiger partial charge in [-0.25, -0.2) is 0 Å². The first-order valence-corrected chi connectivity index (χ1v) is 6.18. The van der Waals surface area contributed by atoms with Crippen molar-refractivity contribution in [3.05, 3.63) is 42.5 Å². The number of anilines is 1. The minimum Gasteiger partial charge on any atom is -0.366 e. The lowest BCUT2D eigenvalue weighted by Gasteiger charge is -2.06. The zero-order chi connectivity index (χ0) is 12.5. The fourth-order valence-corrected chi connectivity index (χ4v) is 2.24. The van der Waals surface area contributed by atoms with Crippen LogP contribution >= 0.6 is 12.2 Å². The van der Waals surface area contributed by atoms with E-state index in [1.807, 2.05) is 18.2 Å². The Bertz CT molecular complexity index is 730. The molecule has 0 saturated heterocycles. The van der Waals surface area contributed by atoms with E-state index in [0.29, 0.717) is 5.11 Å². The van der Waals surface area contributed by atoms with E-state index in [1.165, 1.54) is 10.8 Å². The molecule has 18 heavy (non-hydrogen) atoms. The summed E-state index contributed by atoms with van der Waals surface area (Å²) < 4.78 is 0. The Balaban J connectivity index is 2.15. The Kier molecular flexibility index (Phi) is 2.64. The average Bonchev–Trinajstić information content (AvgIpc) is 2.77. The third kappa shape index (κ3) is 1.80. The Morgan fingerprint density at radius 1 is 1.06 bits per heavy atom. The van der Waals surface area contributed by atoms with Crippen molar-refractivity contribution in [2.24, 2.45) is 0 Å². The van der Waals surface area contributed by atoms with Gasteiger partial charge >= 0.3 is 0 Å². The maximum atomic E-state index is 5.11. The largest absolute Gasteiger partial charge is 0.366 e. The van der Waals surface area contributed by atoms with Gasteiger partial charge in [-0.15, -0.1) is 0 Å². The van der Waals surface area contributed by atoms with Crippen molar-refractivity contribution in [1.29, 1.82) is 0 Å². The van der Waals surface area contributed by atoms with Crippen LogP contribution in [0.15, 0.2) is 42.5 Å². The lowest BCUT2D eigenvalue weighted by Crippen LogP contribution is -2.23. The molecule has 0 aliphatic heterocycles. The number of aromatic nitrogens is 1. The van der Waals surface area contributed by atoms with Crippen molar-refractivity contribution >= 4 is 44.8 Å². The van der Waals surface area contributed by atoms with Crippen LogP contribution in [0.4, 0.5) is 5.69 Å². The summed E-state index contributed by atoms with van der Waals surface area (Å²) in [5.41, 5.74) is 3.28. The highest BCUT2D eigenvalue weighted by Crippen LogP contribution is 2.27. The fourth-order valence-electron chi connectivity index (χ4n) is 2.12. The second kappa shape index (κ2) is 4.31. The van der Waals surface area contributed by atoms with Crippen molar-refractivity contribution in [2.75, 3.05) is 12.4 Å². The predicted octanol–water partition coefficient (Wildman–Crippen LogP) is 3.24. The molecule has 0 unspecified atom stereocenters. The lowest BCUT2D eigenvalue weighted by atomic mass is 10.1. The molecule has 3 nitrogen and oxygen atoms in total. The molecule has 1 heterocycles. The number of H-pyrrole nitrogens is 1. The molecule has 0 saturated carbocycles. The van der Waals surface area contributed by atoms with Crippen LogP contribution in [0.1, 0.15) is 0 Å². The zero-order valence-electron chi connectivity index (χ0n) is 9.95. The highest BCUT2D eigenvalue weighted by atomic mass is 32.1. The molecule has 4 heteroatoms. The van der Waals surface area contributed by atoms with Gasteiger partial charge in [0.1, 0.15) is 0 Å². The Labute approximate surface area is 110 Å². The Morgan fingerprint density at radius 2 is 1.83 bits per heavy atom. The normalized spacial score (nSPS) is 10.7. The number of thiocarbonyl (C=S) groups is 1. The topological polar surface area (TPSA) is 39.8 Å². The molecule has 0 bridgehead atoms. The number of hydrogen-bond acceptors (Lipinski definition) is 1. The van der Waals surface area contributed by atoms with Gasteiger partial charge in [0.25, 0.3) is 0 Å². The number of fused-ring (bicyclic) bond motifs is 3. The molecular formula is C14H13N3S. The summed E-state index contributed by atoms with van der Waals surface area (Å²) in [6, 6.07) is 14.5. The van der Waals surface area contributed by atoms with Gasteiger partial charge in [-0.1, -0.05) is 18.2 Å². The van der Waals surface area contributed by atoms with E-state index in [-0.39, 0.29) is 0 Å². The second-order valence-electron chi connectivity index (χ2n) is 4.14. The van der Waals surface area contributed by atoms with Crippen LogP contribution in [0.3, 0.4) is 0 Å². The van der Waals surface area contributed by atoms with Crippen LogP contribution in [0.2, 0.25) is 0 Å². The summed E-state index contributed by atoms with van der Waals surface area (Å²) in [6.07, 6.45) is 0. The van der Waals surface area contributed by atoms with Gasteiger partial charge in [0.15, 0.2) is 5.11 Å². The molecule has 0 aliphatic carbocycles. The van der Waals surface area contributed by atoms with Crippen LogP contribution in [-0.2, 0) is 0 Å². The van der Waals surface area contributed by atoms with Gasteiger partial charge in [0.2, 0.25) is 0 Å². The summed E-state index contributed by atoms with van der Waals surface area (Å²) in [6.45, 7) is 0. The number of aromatic amines is 1. The van der Waals surface area contributed by atoms with Gasteiger partial charge in [-0.2, -0.15) is 0 Å². The van der Waals surface area contributed by atoms with E-state index in [1.54, 1.807) is 7.05 Å². The van der Waals surface area contributed by atoms with E-state index >= 15 is 0 Å². The number of benzene rings is 2. The quantitative estimate of drug-likeness (QED) is 0.585. The summed E-state index contributed by atoms with van der Waals surface area (Å²) in [7, 11) is 1.81. The maximum Gasteiger partial charge on any atom is 0.170 e. The van der Waals surface area contributed by atoms with Crippen LogP contribution in [-0.4, -0.2) is 17.1 Å². The lowest BCUT2D eigenvalue weighted by molar-refractivity contribution is 1.20. The van der Waals surface area contributed by atoms with Crippen LogP contribution in [0, 0.1) is 0 Å². The van der Waals surface area contributed by atoms with Gasteiger partial charge in [0.05, 0.1) is 0 Å². The first kappa shape index (κ1) is 11.0. The first-order valence-electron chi connectivity index (χ1n) is 5.77.